The van der Waals surface area contributed by atoms with Crippen LogP contribution in [0.25, 0.3) is 26.1 Å². The van der Waals surface area contributed by atoms with E-state index < -0.39 is 6.43 Å². The molecule has 0 amide bonds. The third-order valence-electron chi connectivity index (χ3n) is 4.81. The minimum absolute atomic E-state index is 0.212. The van der Waals surface area contributed by atoms with Crippen LogP contribution in [-0.4, -0.2) is 24.6 Å². The molecule has 5 rings (SSSR count). The molecule has 5 aromatic rings. The summed E-state index contributed by atoms with van der Waals surface area (Å²) in [6, 6.07) is 7.42. The number of aryl methyl sites for hydroxylation is 3. The molecule has 152 valence electrons. The fourth-order valence-electron chi connectivity index (χ4n) is 3.62. The largest absolute Gasteiger partial charge is 0.486 e. The SMILES string of the molecule is Cc1cc(C)cc(OCc2nc3c4sc5nc(C(F)F)cc(C)c5c4ncn3n2)c1. The van der Waals surface area contributed by atoms with Crippen molar-refractivity contribution in [2.45, 2.75) is 33.8 Å². The summed E-state index contributed by atoms with van der Waals surface area (Å²) in [6.45, 7) is 6.04. The minimum Gasteiger partial charge on any atom is -0.486 e. The van der Waals surface area contributed by atoms with Gasteiger partial charge in [0.25, 0.3) is 6.43 Å². The van der Waals surface area contributed by atoms with E-state index in [1.165, 1.54) is 17.4 Å². The van der Waals surface area contributed by atoms with Crippen molar-refractivity contribution in [3.63, 3.8) is 0 Å². The molecule has 6 nitrogen and oxygen atoms in total. The fraction of sp³-hybridized carbons (Fsp3) is 0.238. The maximum absolute atomic E-state index is 13.1. The summed E-state index contributed by atoms with van der Waals surface area (Å²) in [6.07, 6.45) is -1.04. The monoisotopic (exact) mass is 425 g/mol. The van der Waals surface area contributed by atoms with E-state index in [9.17, 15) is 8.78 Å². The molecule has 0 fully saturated rings. The number of benzene rings is 1. The Hall–Kier alpha value is -3.20. The van der Waals surface area contributed by atoms with Gasteiger partial charge in [-0.25, -0.2) is 28.2 Å². The molecule has 0 radical (unpaired) electrons. The van der Waals surface area contributed by atoms with Crippen LogP contribution in [-0.2, 0) is 6.61 Å². The smallest absolute Gasteiger partial charge is 0.280 e. The third kappa shape index (κ3) is 3.15. The van der Waals surface area contributed by atoms with Crippen molar-refractivity contribution in [2.24, 2.45) is 0 Å². The van der Waals surface area contributed by atoms with Crippen LogP contribution in [0.5, 0.6) is 5.75 Å². The first-order valence-electron chi connectivity index (χ1n) is 9.32. The number of aromatic nitrogens is 5. The number of thiophene rings is 1. The van der Waals surface area contributed by atoms with Crippen LogP contribution >= 0.6 is 11.3 Å². The molecule has 4 aromatic heterocycles. The van der Waals surface area contributed by atoms with E-state index in [-0.39, 0.29) is 12.3 Å². The second-order valence-corrected chi connectivity index (χ2v) is 8.28. The Morgan fingerprint density at radius 3 is 2.57 bits per heavy atom. The molecular formula is C21H17F2N5OS. The number of hydrogen-bond donors (Lipinski definition) is 0. The van der Waals surface area contributed by atoms with Gasteiger partial charge in [-0.3, -0.25) is 0 Å². The van der Waals surface area contributed by atoms with Crippen molar-refractivity contribution < 1.29 is 13.5 Å². The summed E-state index contributed by atoms with van der Waals surface area (Å²) >= 11 is 1.30. The molecule has 0 N–H and O–H groups in total. The van der Waals surface area contributed by atoms with Crippen LogP contribution in [0, 0.1) is 20.8 Å². The van der Waals surface area contributed by atoms with Gasteiger partial charge in [0.15, 0.2) is 11.5 Å². The molecule has 0 saturated heterocycles. The van der Waals surface area contributed by atoms with Crippen molar-refractivity contribution in [3.05, 3.63) is 58.8 Å². The number of halogens is 2. The first-order chi connectivity index (χ1) is 14.4. The second kappa shape index (κ2) is 6.94. The standard InChI is InChI=1S/C21H17F2N5OS/c1-10-4-11(2)6-13(5-10)29-8-15-26-20-18-17(24-9-28(20)27-15)16-12(3)7-14(19(22)23)25-21(16)30-18/h4-7,9,19H,8H2,1-3H3. The van der Waals surface area contributed by atoms with Crippen LogP contribution in [0.1, 0.15) is 34.6 Å². The number of hydrogen-bond acceptors (Lipinski definition) is 6. The second-order valence-electron chi connectivity index (χ2n) is 7.28. The average molecular weight is 425 g/mol. The van der Waals surface area contributed by atoms with Crippen LogP contribution < -0.4 is 4.74 Å². The van der Waals surface area contributed by atoms with Gasteiger partial charge in [0.1, 0.15) is 33.9 Å². The lowest BCUT2D eigenvalue weighted by molar-refractivity contribution is 0.146. The minimum atomic E-state index is -2.62. The van der Waals surface area contributed by atoms with Gasteiger partial charge in [0.05, 0.1) is 5.52 Å². The summed E-state index contributed by atoms with van der Waals surface area (Å²) in [5, 5.41) is 5.22. The highest BCUT2D eigenvalue weighted by atomic mass is 32.1. The summed E-state index contributed by atoms with van der Waals surface area (Å²) < 4.78 is 34.5. The van der Waals surface area contributed by atoms with Crippen molar-refractivity contribution in [2.75, 3.05) is 0 Å². The van der Waals surface area contributed by atoms with Gasteiger partial charge in [-0.1, -0.05) is 6.07 Å². The number of nitrogens with zero attached hydrogens (tertiary/aromatic N) is 5. The molecule has 0 saturated carbocycles. The van der Waals surface area contributed by atoms with Gasteiger partial charge in [-0.15, -0.1) is 16.4 Å². The summed E-state index contributed by atoms with van der Waals surface area (Å²) in [4.78, 5) is 13.7. The molecule has 0 atom stereocenters. The topological polar surface area (TPSA) is 65.2 Å². The number of rotatable bonds is 4. The van der Waals surface area contributed by atoms with Crippen molar-refractivity contribution >= 4 is 37.4 Å². The quantitative estimate of drug-likeness (QED) is 0.389. The maximum Gasteiger partial charge on any atom is 0.280 e. The predicted octanol–water partition coefficient (Wildman–Crippen LogP) is 5.33. The van der Waals surface area contributed by atoms with Gasteiger partial charge < -0.3 is 4.74 Å². The first-order valence-corrected chi connectivity index (χ1v) is 10.1. The number of fused-ring (bicyclic) bond motifs is 5. The van der Waals surface area contributed by atoms with E-state index in [1.807, 2.05) is 26.0 Å². The lowest BCUT2D eigenvalue weighted by Gasteiger charge is -2.05. The average Bonchev–Trinajstić information content (AvgIpc) is 3.26. The number of ether oxygens (including phenoxy) is 1. The highest BCUT2D eigenvalue weighted by Crippen LogP contribution is 2.36. The Kier molecular flexibility index (Phi) is 4.35. The lowest BCUT2D eigenvalue weighted by atomic mass is 10.1. The molecule has 0 spiro atoms. The van der Waals surface area contributed by atoms with Crippen molar-refractivity contribution in [1.82, 2.24) is 24.6 Å². The number of alkyl halides is 2. The zero-order chi connectivity index (χ0) is 21.0. The lowest BCUT2D eigenvalue weighted by Crippen LogP contribution is -1.98. The molecular weight excluding hydrogens is 408 g/mol. The van der Waals surface area contributed by atoms with Gasteiger partial charge in [-0.2, -0.15) is 0 Å². The summed E-state index contributed by atoms with van der Waals surface area (Å²) in [5.74, 6) is 1.27. The summed E-state index contributed by atoms with van der Waals surface area (Å²) in [7, 11) is 0. The molecule has 0 unspecified atom stereocenters. The Labute approximate surface area is 174 Å². The van der Waals surface area contributed by atoms with Crippen LogP contribution in [0.15, 0.2) is 30.6 Å². The molecule has 0 aliphatic heterocycles. The Morgan fingerprint density at radius 1 is 1.07 bits per heavy atom. The van der Waals surface area contributed by atoms with Crippen molar-refractivity contribution in [3.8, 4) is 5.75 Å². The highest BCUT2D eigenvalue weighted by Gasteiger charge is 2.19. The molecule has 1 aromatic carbocycles. The maximum atomic E-state index is 13.1. The van der Waals surface area contributed by atoms with E-state index >= 15 is 0 Å². The van der Waals surface area contributed by atoms with Gasteiger partial charge in [-0.05, 0) is 55.7 Å². The first kappa shape index (κ1) is 18.8. The van der Waals surface area contributed by atoms with Crippen molar-refractivity contribution in [1.29, 1.82) is 0 Å². The molecule has 0 aliphatic rings. The van der Waals surface area contributed by atoms with E-state index in [0.717, 1.165) is 32.5 Å². The molecule has 30 heavy (non-hydrogen) atoms. The molecule has 9 heteroatoms. The number of pyridine rings is 1. The normalized spacial score (nSPS) is 11.9. The Bertz CT molecular complexity index is 1410. The van der Waals surface area contributed by atoms with E-state index in [4.69, 9.17) is 4.74 Å². The van der Waals surface area contributed by atoms with Crippen LogP contribution in [0.4, 0.5) is 8.78 Å². The zero-order valence-corrected chi connectivity index (χ0v) is 17.3. The van der Waals surface area contributed by atoms with E-state index in [0.29, 0.717) is 21.8 Å². The highest BCUT2D eigenvalue weighted by molar-refractivity contribution is 7.26. The Morgan fingerprint density at radius 2 is 1.83 bits per heavy atom. The van der Waals surface area contributed by atoms with Crippen LogP contribution in [0.3, 0.4) is 0 Å². The van der Waals surface area contributed by atoms with Gasteiger partial charge in [0.2, 0.25) is 0 Å². The van der Waals surface area contributed by atoms with Crippen LogP contribution in [0.2, 0.25) is 0 Å². The zero-order valence-electron chi connectivity index (χ0n) is 16.5. The predicted molar refractivity (Wildman–Crippen MR) is 111 cm³/mol. The molecule has 0 bridgehead atoms. The van der Waals surface area contributed by atoms with Gasteiger partial charge in [0, 0.05) is 5.39 Å². The Balaban J connectivity index is 1.56. The molecule has 4 heterocycles. The van der Waals surface area contributed by atoms with E-state index in [1.54, 1.807) is 17.8 Å². The van der Waals surface area contributed by atoms with E-state index in [2.05, 4.69) is 26.1 Å². The molecule has 0 aliphatic carbocycles. The van der Waals surface area contributed by atoms with Gasteiger partial charge >= 0.3 is 0 Å². The summed E-state index contributed by atoms with van der Waals surface area (Å²) in [5.41, 5.74) is 4.04. The fourth-order valence-corrected chi connectivity index (χ4v) is 4.80. The third-order valence-corrected chi connectivity index (χ3v) is 5.88.